The molecule has 21 heavy (non-hydrogen) atoms. The summed E-state index contributed by atoms with van der Waals surface area (Å²) in [6.07, 6.45) is 1.58. The number of aliphatic hydroxyl groups excluding tert-OH is 1. The van der Waals surface area contributed by atoms with Crippen LogP contribution in [0, 0.1) is 18.8 Å². The van der Waals surface area contributed by atoms with Crippen LogP contribution in [0.2, 0.25) is 0 Å². The fraction of sp³-hybridized carbons (Fsp3) is 0.267. The molecule has 2 N–H and O–H groups in total. The van der Waals surface area contributed by atoms with Crippen molar-refractivity contribution in [3.63, 3.8) is 0 Å². The van der Waals surface area contributed by atoms with Crippen LogP contribution in [-0.2, 0) is 6.54 Å². The van der Waals surface area contributed by atoms with Gasteiger partial charge in [-0.1, -0.05) is 28.6 Å². The molecular weight excluding hydrogens is 270 g/mol. The predicted molar refractivity (Wildman–Crippen MR) is 75.2 cm³/mol. The summed E-state index contributed by atoms with van der Waals surface area (Å²) >= 11 is 0. The Hall–Kier alpha value is -2.65. The van der Waals surface area contributed by atoms with Gasteiger partial charge in [-0.05, 0) is 19.1 Å². The van der Waals surface area contributed by atoms with Crippen LogP contribution in [-0.4, -0.2) is 27.8 Å². The highest BCUT2D eigenvalue weighted by molar-refractivity contribution is 5.96. The molecule has 6 heteroatoms. The number of hydrogen-bond acceptors (Lipinski definition) is 5. The summed E-state index contributed by atoms with van der Waals surface area (Å²) in [5.41, 5.74) is 2.08. The van der Waals surface area contributed by atoms with Gasteiger partial charge in [0.15, 0.2) is 5.82 Å². The van der Waals surface area contributed by atoms with Crippen molar-refractivity contribution in [1.82, 2.24) is 15.5 Å². The second-order valence-corrected chi connectivity index (χ2v) is 4.35. The summed E-state index contributed by atoms with van der Waals surface area (Å²) in [7, 11) is 0. The number of aromatic nitrogens is 2. The van der Waals surface area contributed by atoms with Crippen molar-refractivity contribution >= 4 is 5.91 Å². The molecule has 0 saturated heterocycles. The van der Waals surface area contributed by atoms with Gasteiger partial charge in [0.2, 0.25) is 6.39 Å². The van der Waals surface area contributed by atoms with Crippen molar-refractivity contribution in [3.8, 4) is 11.8 Å². The Balaban J connectivity index is 2.15. The second-order valence-electron chi connectivity index (χ2n) is 4.35. The molecule has 0 fully saturated rings. The Morgan fingerprint density at radius 1 is 1.48 bits per heavy atom. The maximum Gasteiger partial charge on any atom is 0.252 e. The summed E-state index contributed by atoms with van der Waals surface area (Å²) in [6, 6.07) is 5.45. The number of rotatable bonds is 4. The average molecular weight is 285 g/mol. The lowest BCUT2D eigenvalue weighted by Gasteiger charge is -2.06. The van der Waals surface area contributed by atoms with Gasteiger partial charge in [-0.3, -0.25) is 4.79 Å². The van der Waals surface area contributed by atoms with Crippen molar-refractivity contribution in [3.05, 3.63) is 47.1 Å². The molecule has 1 amide bonds. The molecule has 0 atom stereocenters. The first-order valence-electron chi connectivity index (χ1n) is 6.44. The highest BCUT2D eigenvalue weighted by Crippen LogP contribution is 2.11. The molecule has 1 aromatic heterocycles. The standard InChI is InChI=1S/C15H15N3O3/c1-11-5-6-12(4-2-3-7-19)13(8-11)15(20)16-9-14-17-10-21-18-14/h5-6,8,10,19H,3,7,9H2,1H3,(H,16,20). The molecular formula is C15H15N3O3. The van der Waals surface area contributed by atoms with Crippen LogP contribution in [0.4, 0.5) is 0 Å². The van der Waals surface area contributed by atoms with Gasteiger partial charge in [0.25, 0.3) is 5.91 Å². The molecule has 108 valence electrons. The minimum absolute atomic E-state index is 0.00177. The van der Waals surface area contributed by atoms with E-state index in [0.29, 0.717) is 23.4 Å². The van der Waals surface area contributed by atoms with Crippen molar-refractivity contribution in [2.45, 2.75) is 19.9 Å². The van der Waals surface area contributed by atoms with E-state index in [0.717, 1.165) is 5.56 Å². The van der Waals surface area contributed by atoms with Crippen molar-refractivity contribution < 1.29 is 14.4 Å². The van der Waals surface area contributed by atoms with Gasteiger partial charge in [-0.25, -0.2) is 0 Å². The van der Waals surface area contributed by atoms with Crippen LogP contribution in [0.5, 0.6) is 0 Å². The van der Waals surface area contributed by atoms with Crippen LogP contribution in [0.3, 0.4) is 0 Å². The van der Waals surface area contributed by atoms with Gasteiger partial charge in [0.05, 0.1) is 18.7 Å². The first-order valence-corrected chi connectivity index (χ1v) is 6.44. The Kier molecular flexibility index (Phi) is 5.07. The maximum atomic E-state index is 12.2. The summed E-state index contributed by atoms with van der Waals surface area (Å²) in [5.74, 6) is 5.86. The number of nitrogens with zero attached hydrogens (tertiary/aromatic N) is 2. The van der Waals surface area contributed by atoms with Crippen LogP contribution in [0.15, 0.2) is 29.1 Å². The molecule has 0 bridgehead atoms. The largest absolute Gasteiger partial charge is 0.395 e. The van der Waals surface area contributed by atoms with E-state index in [2.05, 4.69) is 31.8 Å². The number of hydrogen-bond donors (Lipinski definition) is 2. The predicted octanol–water partition coefficient (Wildman–Crippen LogP) is 1.04. The molecule has 0 radical (unpaired) electrons. The molecule has 0 aliphatic carbocycles. The summed E-state index contributed by atoms with van der Waals surface area (Å²) in [5, 5.41) is 15.1. The lowest BCUT2D eigenvalue weighted by atomic mass is 10.0. The van der Waals surface area contributed by atoms with E-state index in [1.807, 2.05) is 13.0 Å². The molecule has 0 saturated carbocycles. The number of carbonyl (C=O) groups is 1. The Bertz CT molecular complexity index is 669. The van der Waals surface area contributed by atoms with E-state index in [1.54, 1.807) is 12.1 Å². The van der Waals surface area contributed by atoms with E-state index >= 15 is 0 Å². The van der Waals surface area contributed by atoms with Crippen molar-refractivity contribution in [2.24, 2.45) is 0 Å². The average Bonchev–Trinajstić information content (AvgIpc) is 3.00. The third-order valence-electron chi connectivity index (χ3n) is 2.69. The Morgan fingerprint density at radius 3 is 3.05 bits per heavy atom. The molecule has 1 aromatic carbocycles. The van der Waals surface area contributed by atoms with E-state index in [1.165, 1.54) is 6.39 Å². The third kappa shape index (κ3) is 4.16. The monoisotopic (exact) mass is 285 g/mol. The quantitative estimate of drug-likeness (QED) is 0.819. The first kappa shape index (κ1) is 14.8. The van der Waals surface area contributed by atoms with Crippen molar-refractivity contribution in [2.75, 3.05) is 6.61 Å². The normalized spacial score (nSPS) is 9.81. The van der Waals surface area contributed by atoms with Gasteiger partial charge in [0.1, 0.15) is 0 Å². The van der Waals surface area contributed by atoms with Crippen molar-refractivity contribution in [1.29, 1.82) is 0 Å². The Labute approximate surface area is 122 Å². The molecule has 0 aliphatic rings. The smallest absolute Gasteiger partial charge is 0.252 e. The van der Waals surface area contributed by atoms with Gasteiger partial charge < -0.3 is 14.9 Å². The zero-order valence-electron chi connectivity index (χ0n) is 11.6. The molecule has 0 unspecified atom stereocenters. The third-order valence-corrected chi connectivity index (χ3v) is 2.69. The molecule has 2 rings (SSSR count). The topological polar surface area (TPSA) is 88.2 Å². The zero-order valence-corrected chi connectivity index (χ0v) is 11.6. The second kappa shape index (κ2) is 7.22. The number of benzene rings is 1. The van der Waals surface area contributed by atoms with E-state index in [4.69, 9.17) is 5.11 Å². The SMILES string of the molecule is Cc1ccc(C#CCCO)c(C(=O)NCc2ncon2)c1. The minimum atomic E-state index is -0.253. The Morgan fingerprint density at radius 2 is 2.33 bits per heavy atom. The van der Waals surface area contributed by atoms with Crippen LogP contribution < -0.4 is 5.32 Å². The fourth-order valence-electron chi connectivity index (χ4n) is 1.69. The summed E-state index contributed by atoms with van der Waals surface area (Å²) in [4.78, 5) is 16.1. The van der Waals surface area contributed by atoms with E-state index in [-0.39, 0.29) is 19.1 Å². The van der Waals surface area contributed by atoms with Gasteiger partial charge in [-0.2, -0.15) is 4.98 Å². The van der Waals surface area contributed by atoms with Gasteiger partial charge >= 0.3 is 0 Å². The first-order chi connectivity index (χ1) is 10.2. The van der Waals surface area contributed by atoms with E-state index in [9.17, 15) is 4.79 Å². The molecule has 0 spiro atoms. The van der Waals surface area contributed by atoms with Crippen LogP contribution in [0.25, 0.3) is 0 Å². The van der Waals surface area contributed by atoms with Gasteiger partial charge in [-0.15, -0.1) is 0 Å². The fourth-order valence-corrected chi connectivity index (χ4v) is 1.69. The minimum Gasteiger partial charge on any atom is -0.395 e. The summed E-state index contributed by atoms with van der Waals surface area (Å²) in [6.45, 7) is 2.09. The number of amides is 1. The molecule has 6 nitrogen and oxygen atoms in total. The number of carbonyl (C=O) groups excluding carboxylic acids is 1. The number of aryl methyl sites for hydroxylation is 1. The van der Waals surface area contributed by atoms with Crippen LogP contribution in [0.1, 0.15) is 33.7 Å². The molecule has 2 aromatic rings. The van der Waals surface area contributed by atoms with E-state index < -0.39 is 0 Å². The lowest BCUT2D eigenvalue weighted by molar-refractivity contribution is 0.0949. The molecule has 1 heterocycles. The molecule has 0 aliphatic heterocycles. The number of nitrogens with one attached hydrogen (secondary N) is 1. The zero-order chi connectivity index (χ0) is 15.1. The van der Waals surface area contributed by atoms with Gasteiger partial charge in [0, 0.05) is 12.0 Å². The van der Waals surface area contributed by atoms with Crippen LogP contribution >= 0.6 is 0 Å². The lowest BCUT2D eigenvalue weighted by Crippen LogP contribution is -2.24. The summed E-state index contributed by atoms with van der Waals surface area (Å²) < 4.78 is 4.60. The number of aliphatic hydroxyl groups is 1. The highest BCUT2D eigenvalue weighted by Gasteiger charge is 2.11. The maximum absolute atomic E-state index is 12.2. The highest BCUT2D eigenvalue weighted by atomic mass is 16.5.